The molecule has 2 atom stereocenters. The summed E-state index contributed by atoms with van der Waals surface area (Å²) in [7, 11) is 1.62. The maximum absolute atomic E-state index is 12.9. The second kappa shape index (κ2) is 5.90. The van der Waals surface area contributed by atoms with Gasteiger partial charge in [-0.1, -0.05) is 26.0 Å². The van der Waals surface area contributed by atoms with Crippen molar-refractivity contribution in [1.29, 1.82) is 5.26 Å². The van der Waals surface area contributed by atoms with Crippen LogP contribution in [0.5, 0.6) is 5.75 Å². The first kappa shape index (κ1) is 16.4. The number of nitrogens with zero attached hydrogens (tertiary/aromatic N) is 2. The number of hydrogen-bond acceptors (Lipinski definition) is 4. The summed E-state index contributed by atoms with van der Waals surface area (Å²) in [5.74, 6) is 0.247. The molecule has 1 aromatic rings. The average molecular weight is 322 g/mol. The number of methoxy groups -OCH3 is 1. The highest BCUT2D eigenvalue weighted by Gasteiger charge is 2.43. The van der Waals surface area contributed by atoms with Gasteiger partial charge in [-0.25, -0.2) is 0 Å². The van der Waals surface area contributed by atoms with Crippen molar-refractivity contribution in [2.75, 3.05) is 7.11 Å². The lowest BCUT2D eigenvalue weighted by molar-refractivity contribution is -0.118. The Bertz CT molecular complexity index is 779. The van der Waals surface area contributed by atoms with Gasteiger partial charge in [0.15, 0.2) is 5.78 Å². The van der Waals surface area contributed by atoms with E-state index < -0.39 is 5.92 Å². The number of allylic oxidation sites excluding steroid dienone is 2. The van der Waals surface area contributed by atoms with Gasteiger partial charge in [0, 0.05) is 29.3 Å². The van der Waals surface area contributed by atoms with Crippen molar-refractivity contribution in [3.05, 3.63) is 41.1 Å². The van der Waals surface area contributed by atoms with Crippen molar-refractivity contribution in [2.24, 2.45) is 16.3 Å². The van der Waals surface area contributed by atoms with E-state index in [0.717, 1.165) is 34.7 Å². The largest absolute Gasteiger partial charge is 0.497 e. The topological polar surface area (TPSA) is 62.4 Å². The van der Waals surface area contributed by atoms with Gasteiger partial charge in [-0.3, -0.25) is 9.79 Å². The zero-order chi connectivity index (χ0) is 17.5. The predicted octanol–water partition coefficient (Wildman–Crippen LogP) is 4.04. The fraction of sp³-hybridized carbons (Fsp3) is 0.450. The minimum atomic E-state index is -0.401. The van der Waals surface area contributed by atoms with Crippen LogP contribution in [0.1, 0.15) is 45.1 Å². The van der Waals surface area contributed by atoms with Crippen LogP contribution < -0.4 is 4.74 Å². The van der Waals surface area contributed by atoms with Crippen LogP contribution in [0.25, 0.3) is 0 Å². The van der Waals surface area contributed by atoms with E-state index in [1.807, 2.05) is 31.2 Å². The molecule has 24 heavy (non-hydrogen) atoms. The molecular weight excluding hydrogens is 300 g/mol. The van der Waals surface area contributed by atoms with Crippen LogP contribution in [0, 0.1) is 22.7 Å². The third kappa shape index (κ3) is 2.75. The average Bonchev–Trinajstić information content (AvgIpc) is 2.52. The molecule has 0 bridgehead atoms. The Hall–Kier alpha value is -2.41. The lowest BCUT2D eigenvalue weighted by atomic mass is 9.67. The van der Waals surface area contributed by atoms with Gasteiger partial charge in [0.1, 0.15) is 5.75 Å². The molecule has 0 spiro atoms. The van der Waals surface area contributed by atoms with Crippen LogP contribution in [-0.2, 0) is 4.79 Å². The molecule has 124 valence electrons. The van der Waals surface area contributed by atoms with Crippen LogP contribution >= 0.6 is 0 Å². The summed E-state index contributed by atoms with van der Waals surface area (Å²) in [6.45, 7) is 6.08. The van der Waals surface area contributed by atoms with Crippen LogP contribution in [-0.4, -0.2) is 18.6 Å². The fourth-order valence-corrected chi connectivity index (χ4v) is 3.78. The number of hydrogen-bond donors (Lipinski definition) is 0. The van der Waals surface area contributed by atoms with Crippen LogP contribution in [0.3, 0.4) is 0 Å². The zero-order valence-corrected chi connectivity index (χ0v) is 14.6. The van der Waals surface area contributed by atoms with Crippen molar-refractivity contribution < 1.29 is 9.53 Å². The molecule has 4 heteroatoms. The van der Waals surface area contributed by atoms with Gasteiger partial charge in [0.2, 0.25) is 0 Å². The Kier molecular flexibility index (Phi) is 4.04. The molecule has 1 heterocycles. The lowest BCUT2D eigenvalue weighted by Crippen LogP contribution is -2.35. The Balaban J connectivity index is 2.13. The summed E-state index contributed by atoms with van der Waals surface area (Å²) in [5, 5.41) is 9.68. The smallest absolute Gasteiger partial charge is 0.161 e. The lowest BCUT2D eigenvalue weighted by Gasteiger charge is -2.37. The number of carbonyl (C=O) groups excluding carboxylic acids is 1. The van der Waals surface area contributed by atoms with Crippen molar-refractivity contribution >= 4 is 11.5 Å². The number of benzene rings is 1. The molecule has 0 saturated carbocycles. The maximum atomic E-state index is 12.9. The SMILES string of the molecule is COc1ccc([C@@H]2C3=C(CC(C)(C)CC3=O)N=C(C)C2C#N)cc1. The van der Waals surface area contributed by atoms with E-state index in [2.05, 4.69) is 24.9 Å². The van der Waals surface area contributed by atoms with Gasteiger partial charge in [0.25, 0.3) is 0 Å². The molecule has 4 nitrogen and oxygen atoms in total. The van der Waals surface area contributed by atoms with Crippen LogP contribution in [0.4, 0.5) is 0 Å². The summed E-state index contributed by atoms with van der Waals surface area (Å²) in [6.07, 6.45) is 1.28. The molecule has 3 rings (SSSR count). The van der Waals surface area contributed by atoms with E-state index >= 15 is 0 Å². The number of nitriles is 1. The van der Waals surface area contributed by atoms with E-state index in [-0.39, 0.29) is 17.1 Å². The first-order valence-electron chi connectivity index (χ1n) is 8.21. The Morgan fingerprint density at radius 3 is 2.50 bits per heavy atom. The number of carbonyl (C=O) groups is 1. The normalized spacial score (nSPS) is 25.6. The third-order valence-corrected chi connectivity index (χ3v) is 4.92. The quantitative estimate of drug-likeness (QED) is 0.825. The second-order valence-corrected chi connectivity index (χ2v) is 7.41. The number of rotatable bonds is 2. The molecule has 1 aromatic carbocycles. The van der Waals surface area contributed by atoms with Gasteiger partial charge < -0.3 is 4.74 Å². The Morgan fingerprint density at radius 2 is 1.92 bits per heavy atom. The first-order valence-corrected chi connectivity index (χ1v) is 8.21. The van der Waals surface area contributed by atoms with Crippen molar-refractivity contribution in [3.8, 4) is 11.8 Å². The Morgan fingerprint density at radius 1 is 1.25 bits per heavy atom. The Labute approximate surface area is 142 Å². The summed E-state index contributed by atoms with van der Waals surface area (Å²) >= 11 is 0. The molecule has 0 N–H and O–H groups in total. The molecular formula is C20H22N2O2. The molecule has 0 aromatic heterocycles. The third-order valence-electron chi connectivity index (χ3n) is 4.92. The highest BCUT2D eigenvalue weighted by atomic mass is 16.5. The summed E-state index contributed by atoms with van der Waals surface area (Å²) < 4.78 is 5.22. The van der Waals surface area contributed by atoms with Gasteiger partial charge in [0.05, 0.1) is 19.1 Å². The first-order chi connectivity index (χ1) is 11.4. The monoisotopic (exact) mass is 322 g/mol. The predicted molar refractivity (Wildman–Crippen MR) is 93.0 cm³/mol. The van der Waals surface area contributed by atoms with Crippen molar-refractivity contribution in [3.63, 3.8) is 0 Å². The van der Waals surface area contributed by atoms with Gasteiger partial charge in [-0.15, -0.1) is 0 Å². The molecule has 1 aliphatic carbocycles. The van der Waals surface area contributed by atoms with Crippen molar-refractivity contribution in [2.45, 2.75) is 39.5 Å². The summed E-state index contributed by atoms with van der Waals surface area (Å²) in [5.41, 5.74) is 3.28. The van der Waals surface area contributed by atoms with Crippen LogP contribution in [0.15, 0.2) is 40.5 Å². The zero-order valence-electron chi connectivity index (χ0n) is 14.6. The van der Waals surface area contributed by atoms with Crippen molar-refractivity contribution in [1.82, 2.24) is 0 Å². The van der Waals surface area contributed by atoms with E-state index in [0.29, 0.717) is 6.42 Å². The molecule has 0 fully saturated rings. The van der Waals surface area contributed by atoms with Gasteiger partial charge >= 0.3 is 0 Å². The minimum absolute atomic E-state index is 0.0797. The molecule has 0 amide bonds. The molecule has 1 aliphatic heterocycles. The van der Waals surface area contributed by atoms with E-state index in [1.165, 1.54) is 0 Å². The number of ether oxygens (including phenoxy) is 1. The molecule has 0 radical (unpaired) electrons. The molecule has 1 unspecified atom stereocenters. The highest BCUT2D eigenvalue weighted by Crippen LogP contribution is 2.47. The second-order valence-electron chi connectivity index (χ2n) is 7.41. The summed E-state index contributed by atoms with van der Waals surface area (Å²) in [6, 6.07) is 10.0. The van der Waals surface area contributed by atoms with E-state index in [1.54, 1.807) is 7.11 Å². The number of aliphatic imine (C=N–C) groups is 1. The van der Waals surface area contributed by atoms with E-state index in [4.69, 9.17) is 4.74 Å². The fourth-order valence-electron chi connectivity index (χ4n) is 3.78. The number of ketones is 1. The van der Waals surface area contributed by atoms with Gasteiger partial charge in [-0.2, -0.15) is 5.26 Å². The van der Waals surface area contributed by atoms with Crippen LogP contribution in [0.2, 0.25) is 0 Å². The number of Topliss-reactive ketones (excluding diaryl/α,β-unsaturated/α-hetero) is 1. The summed E-state index contributed by atoms with van der Waals surface area (Å²) in [4.78, 5) is 17.5. The minimum Gasteiger partial charge on any atom is -0.497 e. The molecule has 2 aliphatic rings. The maximum Gasteiger partial charge on any atom is 0.161 e. The standard InChI is InChI=1S/C20H22N2O2/c1-12-15(11-21)18(13-5-7-14(24-4)8-6-13)19-16(22-12)9-20(2,3)10-17(19)23/h5-8,15,18H,9-10H2,1-4H3/t15?,18-/m0/s1. The molecule has 0 saturated heterocycles. The highest BCUT2D eigenvalue weighted by molar-refractivity contribution is 6.03. The van der Waals surface area contributed by atoms with E-state index in [9.17, 15) is 10.1 Å². The van der Waals surface area contributed by atoms with Gasteiger partial charge in [-0.05, 0) is 36.5 Å².